The molecule has 1 aromatic carbocycles. The van der Waals surface area contributed by atoms with Crippen molar-refractivity contribution in [3.63, 3.8) is 0 Å². The van der Waals surface area contributed by atoms with E-state index in [9.17, 15) is 0 Å². The van der Waals surface area contributed by atoms with Crippen LogP contribution in [0, 0.1) is 0 Å². The predicted octanol–water partition coefficient (Wildman–Crippen LogP) is 4.33. The van der Waals surface area contributed by atoms with Gasteiger partial charge in [-0.2, -0.15) is 0 Å². The fraction of sp³-hybridized carbons (Fsp3) is 0.200. The van der Waals surface area contributed by atoms with E-state index in [4.69, 9.17) is 16.6 Å². The Kier molecular flexibility index (Phi) is 4.24. The van der Waals surface area contributed by atoms with Crippen molar-refractivity contribution in [2.75, 3.05) is 6.54 Å². The first kappa shape index (κ1) is 15.8. The van der Waals surface area contributed by atoms with E-state index in [0.29, 0.717) is 0 Å². The van der Waals surface area contributed by atoms with Crippen molar-refractivity contribution >= 4 is 17.3 Å². The number of thiocarbonyl (C=S) groups is 1. The van der Waals surface area contributed by atoms with E-state index < -0.39 is 0 Å². The minimum atomic E-state index is -0.0246. The summed E-state index contributed by atoms with van der Waals surface area (Å²) in [5.74, 6) is 1.76. The zero-order valence-electron chi connectivity index (χ0n) is 13.9. The van der Waals surface area contributed by atoms with E-state index in [1.165, 1.54) is 0 Å². The quantitative estimate of drug-likeness (QED) is 0.710. The van der Waals surface area contributed by atoms with E-state index in [2.05, 4.69) is 22.1 Å². The minimum Gasteiger partial charge on any atom is -0.459 e. The van der Waals surface area contributed by atoms with Gasteiger partial charge in [-0.15, -0.1) is 0 Å². The van der Waals surface area contributed by atoms with Gasteiger partial charge in [0.2, 0.25) is 0 Å². The molecule has 0 unspecified atom stereocenters. The third kappa shape index (κ3) is 2.91. The molecule has 25 heavy (non-hydrogen) atoms. The molecule has 1 N–H and O–H groups in total. The molecule has 0 bridgehead atoms. The van der Waals surface area contributed by atoms with Gasteiger partial charge < -0.3 is 14.6 Å². The fourth-order valence-corrected chi connectivity index (χ4v) is 3.69. The Balaban J connectivity index is 1.73. The highest BCUT2D eigenvalue weighted by Crippen LogP contribution is 2.40. The van der Waals surface area contributed by atoms with Crippen LogP contribution >= 0.6 is 12.2 Å². The number of furan rings is 1. The van der Waals surface area contributed by atoms with E-state index in [-0.39, 0.29) is 12.1 Å². The summed E-state index contributed by atoms with van der Waals surface area (Å²) in [5.41, 5.74) is 2.03. The first-order chi connectivity index (χ1) is 12.3. The highest BCUT2D eigenvalue weighted by molar-refractivity contribution is 7.80. The second-order valence-corrected chi connectivity index (χ2v) is 6.37. The van der Waals surface area contributed by atoms with Gasteiger partial charge in [0.15, 0.2) is 5.11 Å². The lowest BCUT2D eigenvalue weighted by Gasteiger charge is -2.24. The Morgan fingerprint density at radius 1 is 1.08 bits per heavy atom. The summed E-state index contributed by atoms with van der Waals surface area (Å²) in [6, 6.07) is 20.1. The molecular formula is C20H19N3OS. The summed E-state index contributed by atoms with van der Waals surface area (Å²) < 4.78 is 6.22. The average molecular weight is 349 g/mol. The summed E-state index contributed by atoms with van der Waals surface area (Å²) in [7, 11) is 0. The number of nitrogens with zero attached hydrogens (tertiary/aromatic N) is 2. The van der Waals surface area contributed by atoms with E-state index in [1.807, 2.05) is 66.9 Å². The number of hydrogen-bond acceptors (Lipinski definition) is 3. The molecule has 0 saturated carbocycles. The van der Waals surface area contributed by atoms with Crippen LogP contribution in [0.25, 0.3) is 11.3 Å². The van der Waals surface area contributed by atoms with Gasteiger partial charge in [0.05, 0.1) is 11.7 Å². The number of nitrogens with one attached hydrogen (secondary N) is 1. The van der Waals surface area contributed by atoms with Crippen LogP contribution in [0.3, 0.4) is 0 Å². The van der Waals surface area contributed by atoms with Gasteiger partial charge in [0.25, 0.3) is 0 Å². The molecular weight excluding hydrogens is 330 g/mol. The Hall–Kier alpha value is -2.66. The Morgan fingerprint density at radius 3 is 2.60 bits per heavy atom. The van der Waals surface area contributed by atoms with Crippen LogP contribution < -0.4 is 5.32 Å². The third-order valence-electron chi connectivity index (χ3n) is 4.52. The number of rotatable bonds is 4. The van der Waals surface area contributed by atoms with E-state index in [1.54, 1.807) is 0 Å². The van der Waals surface area contributed by atoms with Crippen LogP contribution in [0.5, 0.6) is 0 Å². The van der Waals surface area contributed by atoms with Gasteiger partial charge in [0, 0.05) is 18.3 Å². The average Bonchev–Trinajstić information content (AvgIpc) is 3.27. The summed E-state index contributed by atoms with van der Waals surface area (Å²) >= 11 is 5.54. The molecule has 0 radical (unpaired) electrons. The first-order valence-corrected chi connectivity index (χ1v) is 8.82. The van der Waals surface area contributed by atoms with Crippen molar-refractivity contribution in [3.05, 3.63) is 78.3 Å². The number of likely N-dealkylation sites (N-methyl/N-ethyl adjacent to an activating group) is 1. The van der Waals surface area contributed by atoms with Gasteiger partial charge in [-0.3, -0.25) is 4.98 Å². The maximum Gasteiger partial charge on any atom is 0.170 e. The van der Waals surface area contributed by atoms with Crippen LogP contribution in [0.15, 0.2) is 71.3 Å². The third-order valence-corrected chi connectivity index (χ3v) is 4.87. The smallest absolute Gasteiger partial charge is 0.170 e. The van der Waals surface area contributed by atoms with Gasteiger partial charge in [0.1, 0.15) is 17.6 Å². The van der Waals surface area contributed by atoms with Crippen molar-refractivity contribution in [2.45, 2.75) is 19.0 Å². The van der Waals surface area contributed by atoms with Crippen molar-refractivity contribution in [1.29, 1.82) is 0 Å². The van der Waals surface area contributed by atoms with Crippen molar-refractivity contribution in [1.82, 2.24) is 15.2 Å². The molecule has 2 aromatic heterocycles. The summed E-state index contributed by atoms with van der Waals surface area (Å²) in [6.07, 6.45) is 1.81. The number of aromatic nitrogens is 1. The Bertz CT molecular complexity index is 863. The predicted molar refractivity (Wildman–Crippen MR) is 102 cm³/mol. The Labute approximate surface area is 152 Å². The van der Waals surface area contributed by atoms with Crippen LogP contribution in [-0.4, -0.2) is 21.5 Å². The lowest BCUT2D eigenvalue weighted by atomic mass is 10.0. The van der Waals surface area contributed by atoms with Crippen molar-refractivity contribution in [3.8, 4) is 11.3 Å². The molecule has 1 aliphatic heterocycles. The lowest BCUT2D eigenvalue weighted by Crippen LogP contribution is -2.29. The molecule has 4 nitrogen and oxygen atoms in total. The normalized spacial score (nSPS) is 19.9. The molecule has 0 amide bonds. The lowest BCUT2D eigenvalue weighted by molar-refractivity contribution is 0.284. The first-order valence-electron chi connectivity index (χ1n) is 8.41. The maximum absolute atomic E-state index is 6.22. The molecule has 2 atom stereocenters. The van der Waals surface area contributed by atoms with Crippen molar-refractivity contribution < 1.29 is 4.42 Å². The largest absolute Gasteiger partial charge is 0.459 e. The summed E-state index contributed by atoms with van der Waals surface area (Å²) in [5, 5.41) is 4.14. The molecule has 1 saturated heterocycles. The number of pyridine rings is 1. The summed E-state index contributed by atoms with van der Waals surface area (Å²) in [4.78, 5) is 6.67. The SMILES string of the molecule is CCN1C(=S)N[C@@H](c2ccccn2)[C@H]1c1ccc(-c2ccccc2)o1. The van der Waals surface area contributed by atoms with Gasteiger partial charge in [-0.05, 0) is 43.4 Å². The van der Waals surface area contributed by atoms with Gasteiger partial charge >= 0.3 is 0 Å². The summed E-state index contributed by atoms with van der Waals surface area (Å²) in [6.45, 7) is 2.91. The van der Waals surface area contributed by atoms with Crippen LogP contribution in [0.2, 0.25) is 0 Å². The minimum absolute atomic E-state index is 0.00939. The maximum atomic E-state index is 6.22. The second kappa shape index (κ2) is 6.69. The van der Waals surface area contributed by atoms with Crippen molar-refractivity contribution in [2.24, 2.45) is 0 Å². The molecule has 0 aliphatic carbocycles. The number of hydrogen-bond donors (Lipinski definition) is 1. The monoisotopic (exact) mass is 349 g/mol. The molecule has 126 valence electrons. The van der Waals surface area contributed by atoms with Gasteiger partial charge in [-0.25, -0.2) is 0 Å². The second-order valence-electron chi connectivity index (χ2n) is 5.98. The van der Waals surface area contributed by atoms with Crippen LogP contribution in [-0.2, 0) is 0 Å². The molecule has 4 rings (SSSR count). The van der Waals surface area contributed by atoms with E-state index >= 15 is 0 Å². The van der Waals surface area contributed by atoms with Crippen LogP contribution in [0.4, 0.5) is 0 Å². The Morgan fingerprint density at radius 2 is 1.88 bits per heavy atom. The highest BCUT2D eigenvalue weighted by Gasteiger charge is 2.40. The van der Waals surface area contributed by atoms with Gasteiger partial charge in [-0.1, -0.05) is 36.4 Å². The zero-order valence-corrected chi connectivity index (χ0v) is 14.7. The van der Waals surface area contributed by atoms with E-state index in [0.717, 1.165) is 34.4 Å². The molecule has 3 aromatic rings. The zero-order chi connectivity index (χ0) is 17.2. The molecule has 5 heteroatoms. The topological polar surface area (TPSA) is 41.3 Å². The van der Waals surface area contributed by atoms with Crippen LogP contribution in [0.1, 0.15) is 30.5 Å². The number of benzene rings is 1. The molecule has 1 fully saturated rings. The fourth-order valence-electron chi connectivity index (χ4n) is 3.32. The molecule has 0 spiro atoms. The standard InChI is InChI=1S/C20H19N3OS/c1-2-23-19(18(22-20(23)25)15-10-6-7-13-21-15)17-12-11-16(24-17)14-8-4-3-5-9-14/h3-13,18-19H,2H2,1H3,(H,22,25)/t18-,19+/m0/s1. The highest BCUT2D eigenvalue weighted by atomic mass is 32.1. The molecule has 3 heterocycles. The molecule has 1 aliphatic rings.